The average Bonchev–Trinajstić information content (AvgIpc) is 3.62. The first-order chi connectivity index (χ1) is 14.6. The topological polar surface area (TPSA) is 102 Å². The number of rotatable bonds is 8. The van der Waals surface area contributed by atoms with E-state index in [1.165, 1.54) is 5.57 Å². The maximum Gasteiger partial charge on any atom is 0.408 e. The van der Waals surface area contributed by atoms with E-state index in [0.717, 1.165) is 12.8 Å². The van der Waals surface area contributed by atoms with Gasteiger partial charge in [0.1, 0.15) is 29.5 Å². The fourth-order valence-electron chi connectivity index (χ4n) is 5.06. The van der Waals surface area contributed by atoms with Crippen molar-refractivity contribution in [2.24, 2.45) is 11.8 Å². The molecule has 0 radical (unpaired) electrons. The molecule has 1 saturated carbocycles. The highest BCUT2D eigenvalue weighted by molar-refractivity contribution is 5.85. The van der Waals surface area contributed by atoms with Crippen LogP contribution < -0.4 is 10.6 Å². The molecule has 2 aliphatic heterocycles. The Morgan fingerprint density at radius 2 is 1.97 bits per heavy atom. The van der Waals surface area contributed by atoms with E-state index in [0.29, 0.717) is 13.0 Å². The predicted molar refractivity (Wildman–Crippen MR) is 116 cm³/mol. The van der Waals surface area contributed by atoms with Gasteiger partial charge in [0.25, 0.3) is 0 Å². The fraction of sp³-hybridized carbons (Fsp3) is 0.826. The van der Waals surface area contributed by atoms with Crippen LogP contribution in [0.3, 0.4) is 0 Å². The number of likely N-dealkylation sites (N-methyl/N-ethyl adjacent to an activating group) is 1. The number of carbonyl (C=O) groups is 2. The molecule has 1 spiro atoms. The SMILES string of the molecule is CNC(=O)C(NC(=O)O[C@@H]1CCC2(CO2)[C@@H]([C@@]2(C)O[C@@H]2CC=C(C)C)[C@@H]1OC)C(C)C. The van der Waals surface area contributed by atoms with Gasteiger partial charge in [-0.2, -0.15) is 0 Å². The molecule has 2 heterocycles. The van der Waals surface area contributed by atoms with E-state index < -0.39 is 18.2 Å². The Hall–Kier alpha value is -1.64. The third kappa shape index (κ3) is 4.91. The summed E-state index contributed by atoms with van der Waals surface area (Å²) in [5.74, 6) is -0.349. The quantitative estimate of drug-likeness (QED) is 0.446. The third-order valence-electron chi connectivity index (χ3n) is 6.96. The number of nitrogens with one attached hydrogen (secondary N) is 2. The molecular formula is C23H38N2O6. The van der Waals surface area contributed by atoms with E-state index in [1.807, 2.05) is 13.8 Å². The summed E-state index contributed by atoms with van der Waals surface area (Å²) in [7, 11) is 3.19. The summed E-state index contributed by atoms with van der Waals surface area (Å²) in [4.78, 5) is 24.7. The van der Waals surface area contributed by atoms with E-state index in [9.17, 15) is 9.59 Å². The second-order valence-corrected chi connectivity index (χ2v) is 9.80. The van der Waals surface area contributed by atoms with E-state index in [1.54, 1.807) is 14.2 Å². The highest BCUT2D eigenvalue weighted by Gasteiger charge is 2.72. The minimum atomic E-state index is -0.659. The van der Waals surface area contributed by atoms with Gasteiger partial charge in [-0.3, -0.25) is 4.79 Å². The normalized spacial score (nSPS) is 37.2. The molecule has 0 aromatic heterocycles. The van der Waals surface area contributed by atoms with Crippen molar-refractivity contribution in [2.75, 3.05) is 20.8 Å². The first kappa shape index (κ1) is 24.0. The summed E-state index contributed by atoms with van der Waals surface area (Å²) in [6.07, 6.45) is 3.16. The number of allylic oxidation sites excluding steroid dienone is 1. The van der Waals surface area contributed by atoms with Crippen molar-refractivity contribution in [3.8, 4) is 0 Å². The van der Waals surface area contributed by atoms with Crippen LogP contribution >= 0.6 is 0 Å². The number of alkyl carbamates (subject to hydrolysis) is 1. The Morgan fingerprint density at radius 1 is 1.29 bits per heavy atom. The zero-order chi connectivity index (χ0) is 23.0. The molecule has 8 nitrogen and oxygen atoms in total. The van der Waals surface area contributed by atoms with Gasteiger partial charge in [0.15, 0.2) is 0 Å². The number of ether oxygens (including phenoxy) is 4. The van der Waals surface area contributed by atoms with Gasteiger partial charge in [-0.15, -0.1) is 0 Å². The maximum absolute atomic E-state index is 12.7. The van der Waals surface area contributed by atoms with Crippen molar-refractivity contribution >= 4 is 12.0 Å². The van der Waals surface area contributed by atoms with Crippen LogP contribution in [0.2, 0.25) is 0 Å². The van der Waals surface area contributed by atoms with Gasteiger partial charge >= 0.3 is 6.09 Å². The maximum atomic E-state index is 12.7. The van der Waals surface area contributed by atoms with Gasteiger partial charge in [0.2, 0.25) is 5.91 Å². The zero-order valence-electron chi connectivity index (χ0n) is 19.8. The minimum absolute atomic E-state index is 0.0352. The van der Waals surface area contributed by atoms with Gasteiger partial charge in [0.05, 0.1) is 18.6 Å². The highest BCUT2D eigenvalue weighted by Crippen LogP contribution is 2.59. The molecule has 7 atom stereocenters. The van der Waals surface area contributed by atoms with Crippen molar-refractivity contribution in [2.45, 2.75) is 89.4 Å². The zero-order valence-corrected chi connectivity index (χ0v) is 19.8. The number of hydrogen-bond acceptors (Lipinski definition) is 6. The van der Waals surface area contributed by atoms with Crippen LogP contribution in [-0.4, -0.2) is 68.3 Å². The minimum Gasteiger partial charge on any atom is -0.443 e. The van der Waals surface area contributed by atoms with Gasteiger partial charge < -0.3 is 29.6 Å². The smallest absolute Gasteiger partial charge is 0.408 e. The monoisotopic (exact) mass is 438 g/mol. The molecule has 0 aromatic rings. The second kappa shape index (κ2) is 9.08. The molecule has 3 aliphatic rings. The molecule has 2 saturated heterocycles. The van der Waals surface area contributed by atoms with Crippen LogP contribution in [0.25, 0.3) is 0 Å². The Kier molecular flexibility index (Phi) is 7.03. The Morgan fingerprint density at radius 3 is 2.48 bits per heavy atom. The molecule has 2 N–H and O–H groups in total. The van der Waals surface area contributed by atoms with E-state index in [-0.39, 0.29) is 41.2 Å². The molecule has 0 aromatic carbocycles. The summed E-state index contributed by atoms with van der Waals surface area (Å²) in [6.45, 7) is 10.7. The molecule has 0 bridgehead atoms. The molecule has 3 fully saturated rings. The van der Waals surface area contributed by atoms with Crippen molar-refractivity contribution in [3.05, 3.63) is 11.6 Å². The molecule has 3 rings (SSSR count). The highest BCUT2D eigenvalue weighted by atomic mass is 16.6. The summed E-state index contributed by atoms with van der Waals surface area (Å²) in [6, 6.07) is -0.659. The Bertz CT molecular complexity index is 715. The van der Waals surface area contributed by atoms with Gasteiger partial charge in [0, 0.05) is 14.2 Å². The van der Waals surface area contributed by atoms with Crippen molar-refractivity contribution in [3.63, 3.8) is 0 Å². The van der Waals surface area contributed by atoms with Crippen LogP contribution in [0.5, 0.6) is 0 Å². The first-order valence-corrected chi connectivity index (χ1v) is 11.2. The summed E-state index contributed by atoms with van der Waals surface area (Å²) >= 11 is 0. The van der Waals surface area contributed by atoms with E-state index in [4.69, 9.17) is 18.9 Å². The third-order valence-corrected chi connectivity index (χ3v) is 6.96. The lowest BCUT2D eigenvalue weighted by molar-refractivity contribution is -0.125. The molecule has 31 heavy (non-hydrogen) atoms. The lowest BCUT2D eigenvalue weighted by atomic mass is 9.68. The van der Waals surface area contributed by atoms with Crippen LogP contribution in [0.4, 0.5) is 4.79 Å². The van der Waals surface area contributed by atoms with E-state index in [2.05, 4.69) is 37.5 Å². The molecule has 1 aliphatic carbocycles. The predicted octanol–water partition coefficient (Wildman–Crippen LogP) is 2.56. The molecule has 176 valence electrons. The average molecular weight is 439 g/mol. The lowest BCUT2D eigenvalue weighted by Gasteiger charge is -2.42. The van der Waals surface area contributed by atoms with Crippen LogP contribution in [-0.2, 0) is 23.7 Å². The van der Waals surface area contributed by atoms with Crippen molar-refractivity contribution < 1.29 is 28.5 Å². The fourth-order valence-corrected chi connectivity index (χ4v) is 5.06. The largest absolute Gasteiger partial charge is 0.443 e. The van der Waals surface area contributed by atoms with Gasteiger partial charge in [-0.1, -0.05) is 25.5 Å². The first-order valence-electron chi connectivity index (χ1n) is 11.2. The number of amides is 2. The Labute approximate surface area is 185 Å². The number of methoxy groups -OCH3 is 1. The summed E-state index contributed by atoms with van der Waals surface area (Å²) in [5, 5.41) is 5.29. The number of carbonyl (C=O) groups excluding carboxylic acids is 2. The van der Waals surface area contributed by atoms with Crippen LogP contribution in [0.1, 0.15) is 53.9 Å². The standard InChI is InChI=1S/C23H38N2O6/c1-13(2)8-9-16-22(5,31-16)19-18(28-7)15(10-11-23(19)12-29-23)30-21(27)25-17(14(3)4)20(26)24-6/h8,14-19H,9-12H2,1-7H3,(H,24,26)(H,25,27)/t15-,16-,17?,18-,19-,22+,23?/m1/s1. The summed E-state index contributed by atoms with van der Waals surface area (Å²) in [5.41, 5.74) is 0.606. The molecular weight excluding hydrogens is 400 g/mol. The number of hydrogen-bond donors (Lipinski definition) is 2. The van der Waals surface area contributed by atoms with Crippen molar-refractivity contribution in [1.29, 1.82) is 0 Å². The molecule has 8 heteroatoms. The Balaban J connectivity index is 1.71. The van der Waals surface area contributed by atoms with Gasteiger partial charge in [-0.05, 0) is 46.0 Å². The second-order valence-electron chi connectivity index (χ2n) is 9.80. The molecule has 2 unspecified atom stereocenters. The number of epoxide rings is 2. The van der Waals surface area contributed by atoms with Crippen molar-refractivity contribution in [1.82, 2.24) is 10.6 Å². The van der Waals surface area contributed by atoms with Crippen LogP contribution in [0.15, 0.2) is 11.6 Å². The molecule has 2 amide bonds. The van der Waals surface area contributed by atoms with Gasteiger partial charge in [-0.25, -0.2) is 4.79 Å². The van der Waals surface area contributed by atoms with E-state index >= 15 is 0 Å². The summed E-state index contributed by atoms with van der Waals surface area (Å²) < 4.78 is 23.8. The van der Waals surface area contributed by atoms with Crippen LogP contribution in [0, 0.1) is 11.8 Å². The lowest BCUT2D eigenvalue weighted by Crippen LogP contribution is -2.57.